The van der Waals surface area contributed by atoms with E-state index < -0.39 is 0 Å². The van der Waals surface area contributed by atoms with Crippen LogP contribution in [0.5, 0.6) is 11.5 Å². The molecule has 186 valence electrons. The monoisotopic (exact) mass is 503 g/mol. The number of nitrogens with one attached hydrogen (secondary N) is 2. The summed E-state index contributed by atoms with van der Waals surface area (Å²) in [4.78, 5) is 18.8. The van der Waals surface area contributed by atoms with Gasteiger partial charge in [0.2, 0.25) is 5.91 Å². The SMILES string of the molecule is O=C(C[C@@H](c1cccc(Oc2ccccc2)c1)c1c[nH]c2ccc(Cl)cc12)NCCN1CCOCC1. The van der Waals surface area contributed by atoms with Gasteiger partial charge in [-0.05, 0) is 53.6 Å². The van der Waals surface area contributed by atoms with Crippen LogP contribution in [0.4, 0.5) is 0 Å². The highest BCUT2D eigenvalue weighted by Crippen LogP contribution is 2.36. The molecule has 0 aliphatic carbocycles. The van der Waals surface area contributed by atoms with Gasteiger partial charge in [-0.25, -0.2) is 0 Å². The largest absolute Gasteiger partial charge is 0.457 e. The van der Waals surface area contributed by atoms with Crippen LogP contribution in [0.1, 0.15) is 23.5 Å². The van der Waals surface area contributed by atoms with E-state index in [0.717, 1.165) is 66.4 Å². The zero-order valence-electron chi connectivity index (χ0n) is 20.1. The van der Waals surface area contributed by atoms with E-state index in [0.29, 0.717) is 18.0 Å². The molecule has 1 aliphatic heterocycles. The first kappa shape index (κ1) is 24.4. The normalized spacial score (nSPS) is 15.0. The Morgan fingerprint density at radius 2 is 1.83 bits per heavy atom. The fourth-order valence-electron chi connectivity index (χ4n) is 4.67. The summed E-state index contributed by atoms with van der Waals surface area (Å²) in [6.07, 6.45) is 2.30. The van der Waals surface area contributed by atoms with Crippen LogP contribution >= 0.6 is 11.6 Å². The van der Waals surface area contributed by atoms with Crippen LogP contribution in [0.2, 0.25) is 5.02 Å². The number of rotatable bonds is 9. The number of nitrogens with zero attached hydrogens (tertiary/aromatic N) is 1. The lowest BCUT2D eigenvalue weighted by Gasteiger charge is -2.26. The predicted molar refractivity (Wildman–Crippen MR) is 143 cm³/mol. The average molecular weight is 504 g/mol. The standard InChI is InChI=1S/C29H30ClN3O3/c30-22-9-10-28-26(18-22)27(20-32-28)25(19-29(34)31-11-12-33-13-15-35-16-14-33)21-5-4-8-24(17-21)36-23-6-2-1-3-7-23/h1-10,17-18,20,25,32H,11-16,19H2,(H,31,34)/t25-/m0/s1. The number of carbonyl (C=O) groups excluding carboxylic acids is 1. The molecule has 0 radical (unpaired) electrons. The molecule has 6 nitrogen and oxygen atoms in total. The van der Waals surface area contributed by atoms with E-state index in [-0.39, 0.29) is 11.8 Å². The molecule has 2 heterocycles. The average Bonchev–Trinajstić information content (AvgIpc) is 3.31. The molecule has 0 unspecified atom stereocenters. The van der Waals surface area contributed by atoms with Gasteiger partial charge in [-0.3, -0.25) is 9.69 Å². The summed E-state index contributed by atoms with van der Waals surface area (Å²) in [6, 6.07) is 23.5. The van der Waals surface area contributed by atoms with Crippen molar-refractivity contribution in [1.82, 2.24) is 15.2 Å². The Morgan fingerprint density at radius 1 is 1.03 bits per heavy atom. The van der Waals surface area contributed by atoms with Crippen molar-refractivity contribution in [2.45, 2.75) is 12.3 Å². The fraction of sp³-hybridized carbons (Fsp3) is 0.276. The highest BCUT2D eigenvalue weighted by atomic mass is 35.5. The maximum atomic E-state index is 13.1. The summed E-state index contributed by atoms with van der Waals surface area (Å²) in [7, 11) is 0. The number of halogens is 1. The van der Waals surface area contributed by atoms with Crippen molar-refractivity contribution in [3.05, 3.63) is 95.1 Å². The van der Waals surface area contributed by atoms with E-state index in [4.69, 9.17) is 21.1 Å². The number of aromatic nitrogens is 1. The molecule has 7 heteroatoms. The second kappa shape index (κ2) is 11.6. The second-order valence-electron chi connectivity index (χ2n) is 8.98. The molecule has 0 saturated carbocycles. The number of ether oxygens (including phenoxy) is 2. The smallest absolute Gasteiger partial charge is 0.220 e. The van der Waals surface area contributed by atoms with E-state index in [1.165, 1.54) is 0 Å². The van der Waals surface area contributed by atoms with Crippen molar-refractivity contribution in [2.24, 2.45) is 0 Å². The molecule has 2 N–H and O–H groups in total. The maximum absolute atomic E-state index is 13.1. The Hall–Kier alpha value is -3.32. The number of carbonyl (C=O) groups is 1. The summed E-state index contributed by atoms with van der Waals surface area (Å²) >= 11 is 6.34. The van der Waals surface area contributed by atoms with Crippen LogP contribution in [-0.2, 0) is 9.53 Å². The van der Waals surface area contributed by atoms with Gasteiger partial charge in [-0.15, -0.1) is 0 Å². The number of hydrogen-bond donors (Lipinski definition) is 2. The van der Waals surface area contributed by atoms with E-state index >= 15 is 0 Å². The molecule has 0 spiro atoms. The number of H-pyrrole nitrogens is 1. The fourth-order valence-corrected chi connectivity index (χ4v) is 4.84. The van der Waals surface area contributed by atoms with Gasteiger partial charge < -0.3 is 19.8 Å². The first-order valence-corrected chi connectivity index (χ1v) is 12.7. The first-order valence-electron chi connectivity index (χ1n) is 12.3. The number of benzene rings is 3. The van der Waals surface area contributed by atoms with E-state index in [1.54, 1.807) is 0 Å². The highest BCUT2D eigenvalue weighted by Gasteiger charge is 2.22. The van der Waals surface area contributed by atoms with E-state index in [1.807, 2.05) is 79.0 Å². The summed E-state index contributed by atoms with van der Waals surface area (Å²) in [5, 5.41) is 4.80. The van der Waals surface area contributed by atoms with Crippen molar-refractivity contribution < 1.29 is 14.3 Å². The van der Waals surface area contributed by atoms with Crippen molar-refractivity contribution >= 4 is 28.4 Å². The van der Waals surface area contributed by atoms with Crippen LogP contribution in [0.3, 0.4) is 0 Å². The third-order valence-electron chi connectivity index (χ3n) is 6.53. The topological polar surface area (TPSA) is 66.6 Å². The second-order valence-corrected chi connectivity index (χ2v) is 9.42. The Labute approximate surface area is 216 Å². The summed E-state index contributed by atoms with van der Waals surface area (Å²) < 4.78 is 11.5. The Kier molecular flexibility index (Phi) is 7.86. The third kappa shape index (κ3) is 6.08. The third-order valence-corrected chi connectivity index (χ3v) is 6.77. The molecule has 1 aromatic heterocycles. The molecule has 5 rings (SSSR count). The first-order chi connectivity index (χ1) is 17.7. The molecule has 0 bridgehead atoms. The lowest BCUT2D eigenvalue weighted by atomic mass is 9.88. The minimum absolute atomic E-state index is 0.0130. The molecular weight excluding hydrogens is 474 g/mol. The van der Waals surface area contributed by atoms with Gasteiger partial charge in [0.05, 0.1) is 13.2 Å². The lowest BCUT2D eigenvalue weighted by Crippen LogP contribution is -2.41. The number of morpholine rings is 1. The molecular formula is C29H30ClN3O3. The zero-order chi connectivity index (χ0) is 24.7. The van der Waals surface area contributed by atoms with Gasteiger partial charge in [0.25, 0.3) is 0 Å². The summed E-state index contributed by atoms with van der Waals surface area (Å²) in [6.45, 7) is 4.75. The van der Waals surface area contributed by atoms with Crippen LogP contribution < -0.4 is 10.1 Å². The molecule has 36 heavy (non-hydrogen) atoms. The maximum Gasteiger partial charge on any atom is 0.220 e. The molecule has 1 fully saturated rings. The van der Waals surface area contributed by atoms with Crippen molar-refractivity contribution in [3.8, 4) is 11.5 Å². The van der Waals surface area contributed by atoms with Gasteiger partial charge in [-0.2, -0.15) is 0 Å². The molecule has 3 aromatic carbocycles. The highest BCUT2D eigenvalue weighted by molar-refractivity contribution is 6.31. The molecule has 1 aliphatic rings. The molecule has 1 atom stereocenters. The van der Waals surface area contributed by atoms with Crippen LogP contribution in [0, 0.1) is 0 Å². The number of aromatic amines is 1. The Balaban J connectivity index is 1.38. The van der Waals surface area contributed by atoms with Crippen LogP contribution in [-0.4, -0.2) is 55.2 Å². The van der Waals surface area contributed by atoms with Crippen LogP contribution in [0.15, 0.2) is 79.0 Å². The lowest BCUT2D eigenvalue weighted by molar-refractivity contribution is -0.121. The zero-order valence-corrected chi connectivity index (χ0v) is 20.8. The van der Waals surface area contributed by atoms with Gasteiger partial charge in [0, 0.05) is 60.6 Å². The van der Waals surface area contributed by atoms with Crippen LogP contribution in [0.25, 0.3) is 10.9 Å². The van der Waals surface area contributed by atoms with Crippen molar-refractivity contribution in [3.63, 3.8) is 0 Å². The minimum atomic E-state index is -0.167. The van der Waals surface area contributed by atoms with Gasteiger partial charge >= 0.3 is 0 Å². The molecule has 4 aromatic rings. The quantitative estimate of drug-likeness (QED) is 0.313. The molecule has 1 amide bonds. The molecule has 1 saturated heterocycles. The summed E-state index contributed by atoms with van der Waals surface area (Å²) in [5.41, 5.74) is 3.03. The number of hydrogen-bond acceptors (Lipinski definition) is 4. The van der Waals surface area contributed by atoms with Crippen molar-refractivity contribution in [1.29, 1.82) is 0 Å². The Morgan fingerprint density at radius 3 is 2.67 bits per heavy atom. The van der Waals surface area contributed by atoms with Gasteiger partial charge in [0.1, 0.15) is 11.5 Å². The predicted octanol–water partition coefficient (Wildman–Crippen LogP) is 5.58. The number of amides is 1. The van der Waals surface area contributed by atoms with E-state index in [9.17, 15) is 4.79 Å². The summed E-state index contributed by atoms with van der Waals surface area (Å²) in [5.74, 6) is 1.35. The number of para-hydroxylation sites is 1. The Bertz CT molecular complexity index is 1300. The number of fused-ring (bicyclic) bond motifs is 1. The minimum Gasteiger partial charge on any atom is -0.457 e. The van der Waals surface area contributed by atoms with E-state index in [2.05, 4.69) is 15.2 Å². The van der Waals surface area contributed by atoms with Gasteiger partial charge in [-0.1, -0.05) is 41.9 Å². The van der Waals surface area contributed by atoms with Crippen molar-refractivity contribution in [2.75, 3.05) is 39.4 Å². The van der Waals surface area contributed by atoms with Gasteiger partial charge in [0.15, 0.2) is 0 Å².